The number of carbonyl (C=O) groups excluding carboxylic acids is 1. The van der Waals surface area contributed by atoms with Crippen molar-refractivity contribution in [3.8, 4) is 5.75 Å². The molecule has 0 unspecified atom stereocenters. The summed E-state index contributed by atoms with van der Waals surface area (Å²) in [7, 11) is 0. The molecule has 1 aromatic carbocycles. The third-order valence-corrected chi connectivity index (χ3v) is 3.63. The third kappa shape index (κ3) is 10.6. The second-order valence-electron chi connectivity index (χ2n) is 6.49. The van der Waals surface area contributed by atoms with Gasteiger partial charge in [0.1, 0.15) is 0 Å². The first kappa shape index (κ1) is 28.2. The van der Waals surface area contributed by atoms with E-state index in [9.17, 15) is 26.7 Å². The van der Waals surface area contributed by atoms with Crippen LogP contribution in [0.4, 0.5) is 22.0 Å². The highest BCUT2D eigenvalue weighted by Gasteiger charge is 2.28. The van der Waals surface area contributed by atoms with Crippen molar-refractivity contribution in [2.24, 2.45) is 0 Å². The van der Waals surface area contributed by atoms with Gasteiger partial charge < -0.3 is 28.4 Å². The van der Waals surface area contributed by atoms with E-state index in [1.54, 1.807) is 0 Å². The molecule has 0 aromatic heterocycles. The van der Waals surface area contributed by atoms with E-state index >= 15 is 0 Å². The number of hydrogen-bond acceptors (Lipinski definition) is 7. The van der Waals surface area contributed by atoms with Gasteiger partial charge in [-0.15, -0.1) is 0 Å². The molecule has 0 saturated heterocycles. The summed E-state index contributed by atoms with van der Waals surface area (Å²) in [5.74, 6) is -14.1. The number of halogens is 5. The molecule has 0 atom stereocenters. The molecule has 7 nitrogen and oxygen atoms in total. The van der Waals surface area contributed by atoms with Crippen LogP contribution in [0, 0.1) is 29.1 Å². The van der Waals surface area contributed by atoms with Gasteiger partial charge in [0.05, 0.1) is 72.0 Å². The average molecular weight is 474 g/mol. The molecule has 32 heavy (non-hydrogen) atoms. The van der Waals surface area contributed by atoms with Crippen LogP contribution in [0.1, 0.15) is 20.3 Å². The van der Waals surface area contributed by atoms with Crippen molar-refractivity contribution in [1.82, 2.24) is 0 Å². The second-order valence-corrected chi connectivity index (χ2v) is 6.49. The topological polar surface area (TPSA) is 72.5 Å². The Labute approximate surface area is 182 Å². The lowest BCUT2D eigenvalue weighted by molar-refractivity contribution is -0.136. The van der Waals surface area contributed by atoms with Gasteiger partial charge in [-0.25, -0.2) is 13.2 Å². The van der Waals surface area contributed by atoms with Gasteiger partial charge >= 0.3 is 5.97 Å². The molecule has 1 rings (SSSR count). The zero-order valence-electron chi connectivity index (χ0n) is 17.9. The van der Waals surface area contributed by atoms with Crippen molar-refractivity contribution in [1.29, 1.82) is 0 Å². The Kier molecular flexibility index (Phi) is 14.0. The summed E-state index contributed by atoms with van der Waals surface area (Å²) in [6, 6.07) is 0. The van der Waals surface area contributed by atoms with E-state index in [1.165, 1.54) is 0 Å². The number of carbonyl (C=O) groups is 1. The van der Waals surface area contributed by atoms with Crippen LogP contribution in [0.3, 0.4) is 0 Å². The molecular formula is C20H27F5O7. The summed E-state index contributed by atoms with van der Waals surface area (Å²) < 4.78 is 96.3. The molecule has 0 heterocycles. The van der Waals surface area contributed by atoms with E-state index in [0.29, 0.717) is 39.6 Å². The van der Waals surface area contributed by atoms with E-state index in [0.717, 1.165) is 0 Å². The molecule has 184 valence electrons. The zero-order chi connectivity index (χ0) is 23.9. The Morgan fingerprint density at radius 3 is 1.44 bits per heavy atom. The first-order valence-electron chi connectivity index (χ1n) is 9.90. The number of ether oxygens (including phenoxy) is 6. The molecule has 0 saturated carbocycles. The summed E-state index contributed by atoms with van der Waals surface area (Å²) in [6.07, 6.45) is -0.303. The predicted molar refractivity (Wildman–Crippen MR) is 101 cm³/mol. The van der Waals surface area contributed by atoms with E-state index in [4.69, 9.17) is 23.7 Å². The van der Waals surface area contributed by atoms with Gasteiger partial charge in [-0.05, 0) is 13.8 Å². The molecule has 0 bridgehead atoms. The monoisotopic (exact) mass is 474 g/mol. The summed E-state index contributed by atoms with van der Waals surface area (Å²) in [5.41, 5.74) is 0. The predicted octanol–water partition coefficient (Wildman–Crippen LogP) is 3.17. The van der Waals surface area contributed by atoms with Crippen molar-refractivity contribution >= 4 is 5.97 Å². The molecule has 0 N–H and O–H groups in total. The Balaban J connectivity index is 2.03. The summed E-state index contributed by atoms with van der Waals surface area (Å²) in [5, 5.41) is 0. The lowest BCUT2D eigenvalue weighted by atomic mass is 10.2. The highest BCUT2D eigenvalue weighted by molar-refractivity contribution is 5.72. The average Bonchev–Trinajstić information content (AvgIpc) is 2.76. The van der Waals surface area contributed by atoms with Crippen molar-refractivity contribution in [2.45, 2.75) is 26.4 Å². The van der Waals surface area contributed by atoms with Gasteiger partial charge in [0.15, 0.2) is 0 Å². The van der Waals surface area contributed by atoms with Crippen LogP contribution in [0.25, 0.3) is 0 Å². The van der Waals surface area contributed by atoms with Crippen LogP contribution in [0.5, 0.6) is 5.75 Å². The summed E-state index contributed by atoms with van der Waals surface area (Å²) >= 11 is 0. The van der Waals surface area contributed by atoms with Crippen LogP contribution >= 0.6 is 0 Å². The van der Waals surface area contributed by atoms with Crippen molar-refractivity contribution in [3.63, 3.8) is 0 Å². The fourth-order valence-corrected chi connectivity index (χ4v) is 2.10. The molecule has 12 heteroatoms. The number of benzene rings is 1. The van der Waals surface area contributed by atoms with Crippen LogP contribution in [0.15, 0.2) is 0 Å². The number of hydrogen-bond donors (Lipinski definition) is 0. The SMILES string of the molecule is CC(C)OCCOCCOCCOCCOCCC(=O)Oc1c(F)c(F)c(F)c(F)c1F. The molecule has 0 amide bonds. The molecule has 0 aliphatic heterocycles. The van der Waals surface area contributed by atoms with Crippen LogP contribution in [0.2, 0.25) is 0 Å². The minimum atomic E-state index is -2.34. The quantitative estimate of drug-likeness (QED) is 0.0858. The second kappa shape index (κ2) is 15.9. The molecule has 0 aliphatic carbocycles. The van der Waals surface area contributed by atoms with Crippen molar-refractivity contribution < 1.29 is 55.2 Å². The molecule has 0 radical (unpaired) electrons. The van der Waals surface area contributed by atoms with E-state index in [1.807, 2.05) is 13.8 Å². The first-order chi connectivity index (χ1) is 15.3. The smallest absolute Gasteiger partial charge is 0.313 e. The Morgan fingerprint density at radius 2 is 1.00 bits per heavy atom. The number of rotatable bonds is 17. The standard InChI is InChI=1S/C20H27F5O7/c1-13(2)31-12-11-30-10-9-29-8-7-28-6-5-27-4-3-14(26)32-20-18(24)16(22)15(21)17(23)19(20)25/h13H,3-12H2,1-2H3. The number of esters is 1. The summed E-state index contributed by atoms with van der Waals surface area (Å²) in [6.45, 7) is 6.49. The van der Waals surface area contributed by atoms with Gasteiger partial charge in [0.2, 0.25) is 34.8 Å². The van der Waals surface area contributed by atoms with Gasteiger partial charge in [-0.1, -0.05) is 0 Å². The highest BCUT2D eigenvalue weighted by atomic mass is 19.2. The van der Waals surface area contributed by atoms with Crippen LogP contribution in [-0.4, -0.2) is 71.5 Å². The fourth-order valence-electron chi connectivity index (χ4n) is 2.10. The van der Waals surface area contributed by atoms with Gasteiger partial charge in [-0.2, -0.15) is 8.78 Å². The van der Waals surface area contributed by atoms with Crippen molar-refractivity contribution in [3.05, 3.63) is 29.1 Å². The lowest BCUT2D eigenvalue weighted by Crippen LogP contribution is -2.16. The van der Waals surface area contributed by atoms with E-state index < -0.39 is 47.2 Å². The van der Waals surface area contributed by atoms with Gasteiger partial charge in [-0.3, -0.25) is 4.79 Å². The Bertz CT molecular complexity index is 674. The van der Waals surface area contributed by atoms with Crippen molar-refractivity contribution in [2.75, 3.05) is 59.5 Å². The van der Waals surface area contributed by atoms with Crippen LogP contribution in [-0.2, 0) is 28.5 Å². The van der Waals surface area contributed by atoms with Crippen LogP contribution < -0.4 is 4.74 Å². The zero-order valence-corrected chi connectivity index (χ0v) is 17.9. The third-order valence-electron chi connectivity index (χ3n) is 3.63. The first-order valence-corrected chi connectivity index (χ1v) is 9.90. The maximum Gasteiger partial charge on any atom is 0.313 e. The molecule has 0 fully saturated rings. The largest absolute Gasteiger partial charge is 0.420 e. The maximum absolute atomic E-state index is 13.4. The molecule has 1 aromatic rings. The maximum atomic E-state index is 13.4. The van der Waals surface area contributed by atoms with Gasteiger partial charge in [0.25, 0.3) is 0 Å². The Morgan fingerprint density at radius 1 is 0.625 bits per heavy atom. The summed E-state index contributed by atoms with van der Waals surface area (Å²) in [4.78, 5) is 11.5. The normalized spacial score (nSPS) is 11.4. The van der Waals surface area contributed by atoms with E-state index in [2.05, 4.69) is 4.74 Å². The van der Waals surface area contributed by atoms with Gasteiger partial charge in [0, 0.05) is 0 Å². The molecule has 0 aliphatic rings. The highest BCUT2D eigenvalue weighted by Crippen LogP contribution is 2.29. The minimum absolute atomic E-state index is 0.106. The Hall–Kier alpha value is -1.86. The lowest BCUT2D eigenvalue weighted by Gasteiger charge is -2.09. The minimum Gasteiger partial charge on any atom is -0.420 e. The fraction of sp³-hybridized carbons (Fsp3) is 0.650. The van der Waals surface area contributed by atoms with E-state index in [-0.39, 0.29) is 25.9 Å². The molecule has 0 spiro atoms. The molecular weight excluding hydrogens is 447 g/mol.